The average molecular weight is 476 g/mol. The molecule has 2 unspecified atom stereocenters. The van der Waals surface area contributed by atoms with Gasteiger partial charge in [0.2, 0.25) is 0 Å². The van der Waals surface area contributed by atoms with E-state index in [1.807, 2.05) is 0 Å². The van der Waals surface area contributed by atoms with Gasteiger partial charge in [-0.2, -0.15) is 0 Å². The molecule has 0 radical (unpaired) electrons. The maximum atomic E-state index is 4.70. The molecule has 0 aliphatic heterocycles. The summed E-state index contributed by atoms with van der Waals surface area (Å²) in [5.41, 5.74) is 0. The van der Waals surface area contributed by atoms with E-state index in [2.05, 4.69) is 49.0 Å². The average Bonchev–Trinajstić information content (AvgIpc) is 2.49. The number of hydrogen-bond acceptors (Lipinski definition) is 6. The molecule has 0 aromatic heterocycles. The van der Waals surface area contributed by atoms with Gasteiger partial charge in [-0.15, -0.1) is 0 Å². The van der Waals surface area contributed by atoms with Crippen LogP contribution in [0.1, 0.15) is 53.4 Å². The molecule has 0 aromatic rings. The van der Waals surface area contributed by atoms with E-state index < -0.39 is 0 Å². The summed E-state index contributed by atoms with van der Waals surface area (Å²) < 4.78 is 0.917. The zero-order chi connectivity index (χ0) is 18.8. The Morgan fingerprint density at radius 1 is 0.760 bits per heavy atom. The minimum absolute atomic E-state index is 0. The first-order chi connectivity index (χ1) is 11.3. The molecule has 0 aliphatic carbocycles. The van der Waals surface area contributed by atoms with Crippen molar-refractivity contribution in [3.05, 3.63) is 0 Å². The third-order valence-electron chi connectivity index (χ3n) is 3.22. The number of rotatable bonds is 12. The van der Waals surface area contributed by atoms with Gasteiger partial charge in [0, 0.05) is 38.3 Å². The second-order valence-corrected chi connectivity index (χ2v) is 7.87. The fraction of sp³-hybridized carbons (Fsp3) is 0.875. The third-order valence-corrected chi connectivity index (χ3v) is 3.79. The Morgan fingerprint density at radius 2 is 1.08 bits per heavy atom. The van der Waals surface area contributed by atoms with Crippen LogP contribution in [0.5, 0.6) is 0 Å². The molecule has 0 rings (SSSR count). The molecule has 0 saturated heterocycles. The van der Waals surface area contributed by atoms with Crippen molar-refractivity contribution in [3.63, 3.8) is 0 Å². The van der Waals surface area contributed by atoms with Gasteiger partial charge in [0.15, 0.2) is 0 Å². The summed E-state index contributed by atoms with van der Waals surface area (Å²) in [5, 5.41) is 12.6. The standard InChI is InChI=1S/2C8H18N2S2.Zn/c2*1-3-4-7(2)9-5-6-10-8(11)12;/h2*7,9H,3-6H2,1-2H3,(H2,10,11,12);/q;;+2/p-2. The largest absolute Gasteiger partial charge is 2.00 e. The molecule has 25 heavy (non-hydrogen) atoms. The molecule has 0 fully saturated rings. The molecule has 2 atom stereocenters. The van der Waals surface area contributed by atoms with E-state index in [0.717, 1.165) is 26.2 Å². The molecule has 0 saturated carbocycles. The quantitative estimate of drug-likeness (QED) is 0.148. The van der Waals surface area contributed by atoms with Gasteiger partial charge in [0.1, 0.15) is 0 Å². The zero-order valence-electron chi connectivity index (χ0n) is 16.2. The number of hydrogen-bond donors (Lipinski definition) is 4. The number of thiocarbonyl (C=S) groups is 2. The van der Waals surface area contributed by atoms with Crippen molar-refractivity contribution in [3.8, 4) is 0 Å². The molecule has 4 N–H and O–H groups in total. The molecule has 0 spiro atoms. The summed E-state index contributed by atoms with van der Waals surface area (Å²) in [6.45, 7) is 12.3. The van der Waals surface area contributed by atoms with Crippen LogP contribution >= 0.6 is 24.4 Å². The Morgan fingerprint density at radius 3 is 1.32 bits per heavy atom. The fourth-order valence-electron chi connectivity index (χ4n) is 2.04. The molecule has 9 heteroatoms. The normalized spacial score (nSPS) is 12.0. The smallest absolute Gasteiger partial charge is 0.412 e. The maximum absolute atomic E-state index is 4.70. The van der Waals surface area contributed by atoms with Crippen molar-refractivity contribution in [2.75, 3.05) is 26.2 Å². The number of nitrogens with one attached hydrogen (secondary N) is 4. The van der Waals surface area contributed by atoms with Crippen LogP contribution in [0.25, 0.3) is 0 Å². The Labute approximate surface area is 189 Å². The van der Waals surface area contributed by atoms with Gasteiger partial charge in [0.25, 0.3) is 0 Å². The minimum Gasteiger partial charge on any atom is -0.412 e. The van der Waals surface area contributed by atoms with Crippen molar-refractivity contribution < 1.29 is 19.5 Å². The van der Waals surface area contributed by atoms with Crippen molar-refractivity contribution >= 4 is 58.3 Å². The van der Waals surface area contributed by atoms with E-state index in [4.69, 9.17) is 49.7 Å². The molecule has 144 valence electrons. The first-order valence-electron chi connectivity index (χ1n) is 8.69. The van der Waals surface area contributed by atoms with Crippen LogP contribution in [0.4, 0.5) is 0 Å². The van der Waals surface area contributed by atoms with Gasteiger partial charge in [-0.05, 0) is 26.7 Å². The fourth-order valence-corrected chi connectivity index (χ4v) is 2.44. The SMILES string of the molecule is CCCC(C)NCCNC(=S)[S-].CCCC(C)NCCNC(=S)[S-].[Zn+2]. The van der Waals surface area contributed by atoms with E-state index in [1.165, 1.54) is 25.7 Å². The first-order valence-corrected chi connectivity index (χ1v) is 10.3. The topological polar surface area (TPSA) is 48.1 Å². The van der Waals surface area contributed by atoms with E-state index >= 15 is 0 Å². The van der Waals surface area contributed by atoms with E-state index in [9.17, 15) is 0 Å². The monoisotopic (exact) mass is 474 g/mol. The van der Waals surface area contributed by atoms with Crippen LogP contribution in [0.3, 0.4) is 0 Å². The van der Waals surface area contributed by atoms with Crippen LogP contribution in [0.2, 0.25) is 0 Å². The summed E-state index contributed by atoms with van der Waals surface area (Å²) >= 11 is 18.8. The van der Waals surface area contributed by atoms with Crippen molar-refractivity contribution in [1.82, 2.24) is 21.3 Å². The molecule has 0 heterocycles. The van der Waals surface area contributed by atoms with Gasteiger partial charge >= 0.3 is 19.5 Å². The molecular formula is C16H34N4S4Zn. The second-order valence-electron chi connectivity index (χ2n) is 5.72. The van der Waals surface area contributed by atoms with Crippen LogP contribution in [0, 0.1) is 0 Å². The molecule has 0 aliphatic rings. The van der Waals surface area contributed by atoms with Crippen LogP contribution in [-0.4, -0.2) is 46.9 Å². The van der Waals surface area contributed by atoms with Gasteiger partial charge < -0.3 is 71.0 Å². The first kappa shape index (κ1) is 30.5. The molecule has 4 nitrogen and oxygen atoms in total. The summed E-state index contributed by atoms with van der Waals surface area (Å²) in [7, 11) is 0. The molecule has 0 aromatic carbocycles. The molecular weight excluding hydrogens is 442 g/mol. The third kappa shape index (κ3) is 29.8. The summed E-state index contributed by atoms with van der Waals surface area (Å²) in [5.74, 6) is 0. The van der Waals surface area contributed by atoms with Crippen LogP contribution < -0.4 is 21.3 Å². The predicted molar refractivity (Wildman–Crippen MR) is 121 cm³/mol. The summed E-state index contributed by atoms with van der Waals surface area (Å²) in [4.78, 5) is 0. The van der Waals surface area contributed by atoms with Gasteiger partial charge in [-0.3, -0.25) is 0 Å². The maximum Gasteiger partial charge on any atom is 2.00 e. The minimum atomic E-state index is 0. The Balaban J connectivity index is -0.000000372. The van der Waals surface area contributed by atoms with Gasteiger partial charge in [0.05, 0.1) is 0 Å². The predicted octanol–water partition coefficient (Wildman–Crippen LogP) is 2.37. The van der Waals surface area contributed by atoms with E-state index in [1.54, 1.807) is 0 Å². The van der Waals surface area contributed by atoms with Gasteiger partial charge in [-0.1, -0.05) is 35.3 Å². The van der Waals surface area contributed by atoms with Crippen molar-refractivity contribution in [2.45, 2.75) is 65.5 Å². The summed E-state index contributed by atoms with van der Waals surface area (Å²) in [6.07, 6.45) is 4.89. The van der Waals surface area contributed by atoms with Crippen LogP contribution in [-0.2, 0) is 44.7 Å². The Bertz CT molecular complexity index is 293. The molecule has 0 amide bonds. The zero-order valence-corrected chi connectivity index (χ0v) is 22.4. The second kappa shape index (κ2) is 22.8. The summed E-state index contributed by atoms with van der Waals surface area (Å²) in [6, 6.07) is 1.19. The Hall–Kier alpha value is 0.763. The van der Waals surface area contributed by atoms with Crippen LogP contribution in [0.15, 0.2) is 0 Å². The Kier molecular flexibility index (Phi) is 27.8. The van der Waals surface area contributed by atoms with E-state index in [0.29, 0.717) is 20.7 Å². The van der Waals surface area contributed by atoms with Crippen molar-refractivity contribution in [2.24, 2.45) is 0 Å². The van der Waals surface area contributed by atoms with Crippen molar-refractivity contribution in [1.29, 1.82) is 0 Å². The molecule has 0 bridgehead atoms. The van der Waals surface area contributed by atoms with Gasteiger partial charge in [-0.25, -0.2) is 0 Å². The van der Waals surface area contributed by atoms with E-state index in [-0.39, 0.29) is 19.5 Å².